The lowest BCUT2D eigenvalue weighted by Gasteiger charge is -2.14. The summed E-state index contributed by atoms with van der Waals surface area (Å²) in [5, 5.41) is 5.47. The molecule has 0 radical (unpaired) electrons. The Morgan fingerprint density at radius 1 is 0.929 bits per heavy atom. The Kier molecular flexibility index (Phi) is 4.49. The molecule has 28 heavy (non-hydrogen) atoms. The van der Waals surface area contributed by atoms with Crippen molar-refractivity contribution in [3.63, 3.8) is 0 Å². The van der Waals surface area contributed by atoms with Crippen LogP contribution in [0.25, 0.3) is 27.8 Å². The molecule has 1 N–H and O–H groups in total. The number of hydrogen-bond acceptors (Lipinski definition) is 3. The first-order valence-corrected chi connectivity index (χ1v) is 10.1. The highest BCUT2D eigenvalue weighted by molar-refractivity contribution is 6.30. The maximum atomic E-state index is 6.09. The molecule has 140 valence electrons. The minimum absolute atomic E-state index is 0.487. The number of aromatic nitrogens is 3. The van der Waals surface area contributed by atoms with Gasteiger partial charge in [-0.05, 0) is 42.7 Å². The fourth-order valence-corrected chi connectivity index (χ4v) is 4.20. The van der Waals surface area contributed by atoms with E-state index in [2.05, 4.69) is 50.3 Å². The van der Waals surface area contributed by atoms with Crippen LogP contribution in [0.2, 0.25) is 5.02 Å². The van der Waals surface area contributed by atoms with Gasteiger partial charge in [0.2, 0.25) is 0 Å². The Bertz CT molecular complexity index is 1100. The van der Waals surface area contributed by atoms with Crippen LogP contribution in [0.5, 0.6) is 0 Å². The van der Waals surface area contributed by atoms with Gasteiger partial charge in [-0.25, -0.2) is 9.97 Å². The van der Waals surface area contributed by atoms with Gasteiger partial charge >= 0.3 is 0 Å². The maximum Gasteiger partial charge on any atom is 0.150 e. The molecule has 0 atom stereocenters. The van der Waals surface area contributed by atoms with Gasteiger partial charge in [-0.2, -0.15) is 0 Å². The first-order chi connectivity index (χ1) is 13.8. The van der Waals surface area contributed by atoms with Crippen LogP contribution in [-0.4, -0.2) is 20.6 Å². The predicted octanol–water partition coefficient (Wildman–Crippen LogP) is 6.10. The van der Waals surface area contributed by atoms with Crippen molar-refractivity contribution in [1.29, 1.82) is 0 Å². The molecule has 0 saturated heterocycles. The van der Waals surface area contributed by atoms with Crippen molar-refractivity contribution in [1.82, 2.24) is 14.5 Å². The Hall–Kier alpha value is -2.85. The molecule has 1 aliphatic carbocycles. The van der Waals surface area contributed by atoms with Crippen LogP contribution in [0.15, 0.2) is 67.1 Å². The van der Waals surface area contributed by atoms with Crippen molar-refractivity contribution in [3.8, 4) is 16.8 Å². The number of rotatable bonds is 4. The third-order valence-electron chi connectivity index (χ3n) is 5.47. The lowest BCUT2D eigenvalue weighted by atomic mass is 10.1. The smallest absolute Gasteiger partial charge is 0.150 e. The summed E-state index contributed by atoms with van der Waals surface area (Å²) < 4.78 is 2.12. The number of anilines is 1. The van der Waals surface area contributed by atoms with Gasteiger partial charge in [-0.1, -0.05) is 54.8 Å². The van der Waals surface area contributed by atoms with Gasteiger partial charge in [-0.15, -0.1) is 0 Å². The van der Waals surface area contributed by atoms with E-state index in [-0.39, 0.29) is 0 Å². The van der Waals surface area contributed by atoms with Crippen LogP contribution in [0.3, 0.4) is 0 Å². The Balaban J connectivity index is 1.72. The summed E-state index contributed by atoms with van der Waals surface area (Å²) in [7, 11) is 0. The summed E-state index contributed by atoms with van der Waals surface area (Å²) in [6, 6.07) is 18.8. The van der Waals surface area contributed by atoms with Gasteiger partial charge in [0.15, 0.2) is 5.65 Å². The Morgan fingerprint density at radius 2 is 1.68 bits per heavy atom. The number of fused-ring (bicyclic) bond motifs is 1. The van der Waals surface area contributed by atoms with Crippen molar-refractivity contribution < 1.29 is 0 Å². The molecule has 0 spiro atoms. The molecule has 1 aliphatic rings. The standard InChI is InChI=1S/C23H21ClN4/c24-17-10-12-19(13-11-17)28-14-20(16-6-2-1-3-7-16)21-22(25-15-26-23(21)28)27-18-8-4-5-9-18/h1-3,6-7,10-15,18H,4-5,8-9H2,(H,25,26,27). The molecule has 0 unspecified atom stereocenters. The second kappa shape index (κ2) is 7.28. The van der Waals surface area contributed by atoms with Crippen LogP contribution in [0.4, 0.5) is 5.82 Å². The fraction of sp³-hybridized carbons (Fsp3) is 0.217. The van der Waals surface area contributed by atoms with Gasteiger partial charge in [0.25, 0.3) is 0 Å². The van der Waals surface area contributed by atoms with Crippen LogP contribution >= 0.6 is 11.6 Å². The molecular formula is C23H21ClN4. The fourth-order valence-electron chi connectivity index (χ4n) is 4.07. The number of nitrogens with zero attached hydrogens (tertiary/aromatic N) is 3. The zero-order valence-corrected chi connectivity index (χ0v) is 16.2. The molecule has 5 heteroatoms. The SMILES string of the molecule is Clc1ccc(-n2cc(-c3ccccc3)c3c(NC4CCCC4)ncnc32)cc1. The van der Waals surface area contributed by atoms with Gasteiger partial charge in [0.1, 0.15) is 12.1 Å². The molecule has 4 nitrogen and oxygen atoms in total. The Morgan fingerprint density at radius 3 is 2.43 bits per heavy atom. The van der Waals surface area contributed by atoms with Crippen LogP contribution in [-0.2, 0) is 0 Å². The summed E-state index contributed by atoms with van der Waals surface area (Å²) in [5.41, 5.74) is 4.22. The summed E-state index contributed by atoms with van der Waals surface area (Å²) >= 11 is 6.09. The van der Waals surface area contributed by atoms with Gasteiger partial charge in [-0.3, -0.25) is 0 Å². The highest BCUT2D eigenvalue weighted by atomic mass is 35.5. The highest BCUT2D eigenvalue weighted by Crippen LogP contribution is 2.36. The first kappa shape index (κ1) is 17.3. The minimum atomic E-state index is 0.487. The lowest BCUT2D eigenvalue weighted by molar-refractivity contribution is 0.751. The monoisotopic (exact) mass is 388 g/mol. The second-order valence-corrected chi connectivity index (χ2v) is 7.74. The first-order valence-electron chi connectivity index (χ1n) is 9.73. The minimum Gasteiger partial charge on any atom is -0.367 e. The van der Waals surface area contributed by atoms with E-state index in [0.29, 0.717) is 6.04 Å². The molecule has 1 fully saturated rings. The third-order valence-corrected chi connectivity index (χ3v) is 5.72. The highest BCUT2D eigenvalue weighted by Gasteiger charge is 2.21. The summed E-state index contributed by atoms with van der Waals surface area (Å²) in [4.78, 5) is 9.26. The molecule has 0 aliphatic heterocycles. The van der Waals surface area contributed by atoms with E-state index in [4.69, 9.17) is 11.6 Å². The van der Waals surface area contributed by atoms with E-state index < -0.39 is 0 Å². The zero-order chi connectivity index (χ0) is 18.9. The van der Waals surface area contributed by atoms with Crippen molar-refractivity contribution in [2.45, 2.75) is 31.7 Å². The molecule has 2 aromatic heterocycles. The quantitative estimate of drug-likeness (QED) is 0.459. The molecule has 2 aromatic carbocycles. The third kappa shape index (κ3) is 3.14. The van der Waals surface area contributed by atoms with E-state index in [1.807, 2.05) is 30.3 Å². The predicted molar refractivity (Wildman–Crippen MR) is 115 cm³/mol. The van der Waals surface area contributed by atoms with Crippen molar-refractivity contribution >= 4 is 28.5 Å². The average Bonchev–Trinajstić information content (AvgIpc) is 3.38. The van der Waals surface area contributed by atoms with Gasteiger partial charge in [0.05, 0.1) is 5.39 Å². The number of nitrogens with one attached hydrogen (secondary N) is 1. The van der Waals surface area contributed by atoms with E-state index >= 15 is 0 Å². The molecule has 1 saturated carbocycles. The van der Waals surface area contributed by atoms with Gasteiger partial charge in [0, 0.05) is 28.5 Å². The maximum absolute atomic E-state index is 6.09. The van der Waals surface area contributed by atoms with E-state index in [9.17, 15) is 0 Å². The van der Waals surface area contributed by atoms with Crippen molar-refractivity contribution in [2.24, 2.45) is 0 Å². The molecule has 0 bridgehead atoms. The topological polar surface area (TPSA) is 42.7 Å². The van der Waals surface area contributed by atoms with E-state index in [0.717, 1.165) is 38.7 Å². The van der Waals surface area contributed by atoms with Crippen LogP contribution < -0.4 is 5.32 Å². The molecular weight excluding hydrogens is 368 g/mol. The van der Waals surface area contributed by atoms with Crippen LogP contribution in [0, 0.1) is 0 Å². The largest absolute Gasteiger partial charge is 0.367 e. The number of benzene rings is 2. The van der Waals surface area contributed by atoms with E-state index in [1.54, 1.807) is 6.33 Å². The number of halogens is 1. The number of hydrogen-bond donors (Lipinski definition) is 1. The molecule has 0 amide bonds. The lowest BCUT2D eigenvalue weighted by Crippen LogP contribution is -2.15. The molecule has 2 heterocycles. The summed E-state index contributed by atoms with van der Waals surface area (Å²) in [6.07, 6.45) is 8.76. The average molecular weight is 389 g/mol. The van der Waals surface area contributed by atoms with Crippen molar-refractivity contribution in [2.75, 3.05) is 5.32 Å². The normalized spacial score (nSPS) is 14.6. The van der Waals surface area contributed by atoms with E-state index in [1.165, 1.54) is 25.7 Å². The molecule has 4 aromatic rings. The molecule has 5 rings (SSSR count). The van der Waals surface area contributed by atoms with Crippen molar-refractivity contribution in [3.05, 3.63) is 72.1 Å². The van der Waals surface area contributed by atoms with Gasteiger partial charge < -0.3 is 9.88 Å². The second-order valence-electron chi connectivity index (χ2n) is 7.30. The Labute approximate surface area is 169 Å². The summed E-state index contributed by atoms with van der Waals surface area (Å²) in [6.45, 7) is 0. The zero-order valence-electron chi connectivity index (χ0n) is 15.5. The van der Waals surface area contributed by atoms with Crippen LogP contribution in [0.1, 0.15) is 25.7 Å². The summed E-state index contributed by atoms with van der Waals surface area (Å²) in [5.74, 6) is 0.920.